The molecule has 2 aliphatic heterocycles. The first-order valence-corrected chi connectivity index (χ1v) is 6.02. The van der Waals surface area contributed by atoms with E-state index in [1.807, 2.05) is 0 Å². The number of carbonyl (C=O) groups is 1. The van der Waals surface area contributed by atoms with Gasteiger partial charge in [-0.2, -0.15) is 0 Å². The first-order valence-electron chi connectivity index (χ1n) is 6.02. The van der Waals surface area contributed by atoms with Gasteiger partial charge in [0.2, 0.25) is 0 Å². The van der Waals surface area contributed by atoms with Crippen molar-refractivity contribution in [2.45, 2.75) is 50.3 Å². The summed E-state index contributed by atoms with van der Waals surface area (Å²) in [5.74, 6) is -0.795. The molecule has 0 aromatic rings. The minimum Gasteiger partial charge on any atom is -0.441 e. The van der Waals surface area contributed by atoms with Crippen LogP contribution in [0.25, 0.3) is 0 Å². The molecule has 3 unspecified atom stereocenters. The van der Waals surface area contributed by atoms with Crippen molar-refractivity contribution < 1.29 is 34.0 Å². The van der Waals surface area contributed by atoms with Crippen LogP contribution in [-0.4, -0.2) is 66.5 Å². The second-order valence-electron chi connectivity index (χ2n) is 5.02. The largest absolute Gasteiger partial charge is 0.441 e. The van der Waals surface area contributed by atoms with E-state index in [0.29, 0.717) is 0 Å². The van der Waals surface area contributed by atoms with Crippen LogP contribution < -0.4 is 5.32 Å². The summed E-state index contributed by atoms with van der Waals surface area (Å²) in [4.78, 5) is 11.2. The van der Waals surface area contributed by atoms with Gasteiger partial charge in [0.1, 0.15) is 18.2 Å². The molecule has 0 aromatic carbocycles. The maximum Gasteiger partial charge on any atom is 0.408 e. The molecule has 110 valence electrons. The Bertz CT molecular complexity index is 348. The summed E-state index contributed by atoms with van der Waals surface area (Å²) in [6.45, 7) is 3.62. The highest BCUT2D eigenvalue weighted by molar-refractivity contribution is 5.70. The smallest absolute Gasteiger partial charge is 0.408 e. The van der Waals surface area contributed by atoms with Crippen LogP contribution in [0, 0.1) is 0 Å². The number of nitrogens with one attached hydrogen (secondary N) is 1. The summed E-state index contributed by atoms with van der Waals surface area (Å²) in [6.07, 6.45) is -4.73. The predicted molar refractivity (Wildman–Crippen MR) is 61.1 cm³/mol. The summed E-state index contributed by atoms with van der Waals surface area (Å²) in [6, 6.07) is -0.861. The highest BCUT2D eigenvalue weighted by atomic mass is 16.7. The molecule has 5 atom stereocenters. The Kier molecular flexibility index (Phi) is 3.98. The number of hydrogen-bond donors (Lipinski definition) is 3. The molecule has 2 saturated heterocycles. The highest BCUT2D eigenvalue weighted by Crippen LogP contribution is 2.28. The van der Waals surface area contributed by atoms with Crippen molar-refractivity contribution >= 4 is 6.09 Å². The zero-order valence-electron chi connectivity index (χ0n) is 11.0. The second-order valence-corrected chi connectivity index (χ2v) is 5.02. The molecule has 0 bridgehead atoms. The molecule has 1 amide bonds. The monoisotopic (exact) mass is 277 g/mol. The lowest BCUT2D eigenvalue weighted by Gasteiger charge is -2.28. The van der Waals surface area contributed by atoms with E-state index in [1.165, 1.54) is 7.11 Å². The van der Waals surface area contributed by atoms with Crippen molar-refractivity contribution in [2.75, 3.05) is 13.7 Å². The normalized spacial score (nSPS) is 36.7. The molecule has 0 aromatic heterocycles. The van der Waals surface area contributed by atoms with E-state index < -0.39 is 42.5 Å². The van der Waals surface area contributed by atoms with Gasteiger partial charge in [-0.05, 0) is 13.8 Å². The van der Waals surface area contributed by atoms with Gasteiger partial charge in [0.25, 0.3) is 0 Å². The van der Waals surface area contributed by atoms with Crippen molar-refractivity contribution in [2.24, 2.45) is 0 Å². The summed E-state index contributed by atoms with van der Waals surface area (Å²) < 4.78 is 20.6. The lowest BCUT2D eigenvalue weighted by Crippen LogP contribution is -2.51. The van der Waals surface area contributed by atoms with E-state index in [1.54, 1.807) is 13.8 Å². The third-order valence-electron chi connectivity index (χ3n) is 3.18. The molecule has 8 nitrogen and oxygen atoms in total. The number of ether oxygens (including phenoxy) is 4. The minimum absolute atomic E-state index is 0.179. The number of methoxy groups -OCH3 is 1. The van der Waals surface area contributed by atoms with Crippen molar-refractivity contribution in [3.05, 3.63) is 0 Å². The number of aliphatic hydroxyl groups excluding tert-OH is 2. The molecule has 0 aliphatic carbocycles. The lowest BCUT2D eigenvalue weighted by molar-refractivity contribution is -0.167. The number of amides is 1. The molecule has 8 heteroatoms. The Morgan fingerprint density at radius 2 is 2.16 bits per heavy atom. The van der Waals surface area contributed by atoms with E-state index >= 15 is 0 Å². The Morgan fingerprint density at radius 3 is 2.68 bits per heavy atom. The topological polar surface area (TPSA) is 106 Å². The molecule has 0 radical (unpaired) electrons. The van der Waals surface area contributed by atoms with E-state index in [4.69, 9.17) is 18.9 Å². The van der Waals surface area contributed by atoms with E-state index in [-0.39, 0.29) is 6.61 Å². The number of aliphatic hydroxyl groups is 2. The van der Waals surface area contributed by atoms with Crippen LogP contribution in [0.2, 0.25) is 0 Å². The van der Waals surface area contributed by atoms with Crippen LogP contribution in [-0.2, 0) is 18.9 Å². The maximum atomic E-state index is 11.2. The molecule has 0 spiro atoms. The van der Waals surface area contributed by atoms with Gasteiger partial charge in [-0.1, -0.05) is 0 Å². The fourth-order valence-corrected chi connectivity index (χ4v) is 2.21. The first kappa shape index (κ1) is 14.5. The standard InChI is InChI=1S/C11H19NO7/c1-11(2)17-4-5(19-11)7(13)8-6(9(14)16-3)12-10(15)18-8/h5-9,13-14H,4H2,1-3H3,(H,12,15)/t5?,6-,7?,8-,9?/m1/s1. The minimum atomic E-state index is -1.28. The van der Waals surface area contributed by atoms with Gasteiger partial charge in [-0.3, -0.25) is 0 Å². The van der Waals surface area contributed by atoms with Gasteiger partial charge in [0, 0.05) is 7.11 Å². The van der Waals surface area contributed by atoms with Crippen LogP contribution in [0.4, 0.5) is 4.79 Å². The van der Waals surface area contributed by atoms with E-state index in [0.717, 1.165) is 0 Å². The van der Waals surface area contributed by atoms with Crippen LogP contribution in [0.1, 0.15) is 13.8 Å². The van der Waals surface area contributed by atoms with E-state index in [9.17, 15) is 15.0 Å². The average molecular weight is 277 g/mol. The molecule has 2 rings (SSSR count). The number of alkyl carbamates (subject to hydrolysis) is 1. The molecule has 3 N–H and O–H groups in total. The van der Waals surface area contributed by atoms with Crippen LogP contribution in [0.3, 0.4) is 0 Å². The van der Waals surface area contributed by atoms with Crippen LogP contribution >= 0.6 is 0 Å². The van der Waals surface area contributed by atoms with Gasteiger partial charge in [0.15, 0.2) is 18.2 Å². The Labute approximate surface area is 110 Å². The molecular weight excluding hydrogens is 258 g/mol. The maximum absolute atomic E-state index is 11.2. The SMILES string of the molecule is COC(O)[C@@H]1NC(=O)O[C@H]1C(O)C1COC(C)(C)O1. The van der Waals surface area contributed by atoms with Gasteiger partial charge >= 0.3 is 6.09 Å². The highest BCUT2D eigenvalue weighted by Gasteiger charge is 2.49. The van der Waals surface area contributed by atoms with Gasteiger partial charge in [-0.15, -0.1) is 0 Å². The molecule has 0 saturated carbocycles. The van der Waals surface area contributed by atoms with Crippen LogP contribution in [0.5, 0.6) is 0 Å². The van der Waals surface area contributed by atoms with E-state index in [2.05, 4.69) is 5.32 Å². The Hall–Kier alpha value is -0.930. The summed E-state index contributed by atoms with van der Waals surface area (Å²) in [7, 11) is 1.29. The average Bonchev–Trinajstić information content (AvgIpc) is 2.90. The number of carbonyl (C=O) groups excluding carboxylic acids is 1. The first-order chi connectivity index (χ1) is 8.84. The molecule has 19 heavy (non-hydrogen) atoms. The van der Waals surface area contributed by atoms with Gasteiger partial charge in [0.05, 0.1) is 6.61 Å². The van der Waals surface area contributed by atoms with Crippen molar-refractivity contribution in [1.82, 2.24) is 5.32 Å². The summed E-state index contributed by atoms with van der Waals surface area (Å²) in [5, 5.41) is 22.3. The fourth-order valence-electron chi connectivity index (χ4n) is 2.21. The number of rotatable bonds is 4. The fraction of sp³-hybridized carbons (Fsp3) is 0.909. The Balaban J connectivity index is 2.05. The number of cyclic esters (lactones) is 1. The molecule has 2 fully saturated rings. The second kappa shape index (κ2) is 5.22. The van der Waals surface area contributed by atoms with Crippen LogP contribution in [0.15, 0.2) is 0 Å². The molecule has 2 heterocycles. The quantitative estimate of drug-likeness (QED) is 0.562. The third kappa shape index (κ3) is 2.98. The summed E-state index contributed by atoms with van der Waals surface area (Å²) >= 11 is 0. The van der Waals surface area contributed by atoms with Gasteiger partial charge in [-0.25, -0.2) is 4.79 Å². The van der Waals surface area contributed by atoms with Gasteiger partial charge < -0.3 is 34.5 Å². The lowest BCUT2D eigenvalue weighted by atomic mass is 10.0. The third-order valence-corrected chi connectivity index (χ3v) is 3.18. The van der Waals surface area contributed by atoms with Crippen molar-refractivity contribution in [1.29, 1.82) is 0 Å². The zero-order valence-corrected chi connectivity index (χ0v) is 11.0. The zero-order chi connectivity index (χ0) is 14.2. The predicted octanol–water partition coefficient (Wildman–Crippen LogP) is -1.06. The van der Waals surface area contributed by atoms with Crippen molar-refractivity contribution in [3.63, 3.8) is 0 Å². The number of hydrogen-bond acceptors (Lipinski definition) is 7. The Morgan fingerprint density at radius 1 is 1.47 bits per heavy atom. The molecular formula is C11H19NO7. The molecule has 2 aliphatic rings. The summed E-state index contributed by atoms with van der Waals surface area (Å²) in [5.41, 5.74) is 0. The van der Waals surface area contributed by atoms with Crippen molar-refractivity contribution in [3.8, 4) is 0 Å².